The van der Waals surface area contributed by atoms with Crippen LogP contribution in [-0.4, -0.2) is 59.1 Å². The largest absolute Gasteiger partial charge is 0.497 e. The van der Waals surface area contributed by atoms with Crippen molar-refractivity contribution in [2.45, 2.75) is 24.3 Å². The zero-order valence-electron chi connectivity index (χ0n) is 17.2. The zero-order valence-corrected chi connectivity index (χ0v) is 18.0. The minimum absolute atomic E-state index is 0.0395. The molecule has 4 rings (SSSR count). The van der Waals surface area contributed by atoms with E-state index in [0.29, 0.717) is 30.9 Å². The molecule has 0 bridgehead atoms. The van der Waals surface area contributed by atoms with Crippen LogP contribution < -0.4 is 10.1 Å². The summed E-state index contributed by atoms with van der Waals surface area (Å²) in [5.74, 6) is 1.66. The maximum Gasteiger partial charge on any atom is 0.317 e. The number of carbonyl (C=O) groups is 2. The molecule has 6 nitrogen and oxygen atoms in total. The second-order valence-electron chi connectivity index (χ2n) is 7.61. The number of piperidine rings is 1. The fourth-order valence-corrected chi connectivity index (χ4v) is 5.62. The molecule has 2 aliphatic heterocycles. The van der Waals surface area contributed by atoms with Crippen molar-refractivity contribution in [3.8, 4) is 5.75 Å². The summed E-state index contributed by atoms with van der Waals surface area (Å²) < 4.78 is 5.27. The fraction of sp³-hybridized carbons (Fsp3) is 0.391. The number of nitrogens with zero attached hydrogens (tertiary/aromatic N) is 2. The van der Waals surface area contributed by atoms with Gasteiger partial charge in [0.25, 0.3) is 5.91 Å². The average Bonchev–Trinajstić information content (AvgIpc) is 3.21. The molecule has 7 heteroatoms. The maximum atomic E-state index is 13.2. The lowest BCUT2D eigenvalue weighted by Crippen LogP contribution is -2.55. The standard InChI is InChI=1S/C23H27N3O3S/c1-29-20-9-5-8-19(16-20)21(27)26-14-15-30-23(26)10-12-25(13-11-23)22(28)24-17-18-6-3-2-4-7-18/h2-9,16H,10-15,17H2,1H3,(H,24,28). The summed E-state index contributed by atoms with van der Waals surface area (Å²) in [5.41, 5.74) is 1.74. The Hall–Kier alpha value is -2.67. The number of thioether (sulfide) groups is 1. The van der Waals surface area contributed by atoms with Crippen molar-refractivity contribution in [3.63, 3.8) is 0 Å². The lowest BCUT2D eigenvalue weighted by atomic mass is 10.0. The van der Waals surface area contributed by atoms with E-state index in [-0.39, 0.29) is 16.8 Å². The molecule has 0 unspecified atom stereocenters. The number of benzene rings is 2. The fourth-order valence-electron chi connectivity index (χ4n) is 4.17. The minimum atomic E-state index is -0.226. The highest BCUT2D eigenvalue weighted by atomic mass is 32.2. The van der Waals surface area contributed by atoms with Gasteiger partial charge in [-0.05, 0) is 36.6 Å². The van der Waals surface area contributed by atoms with Crippen LogP contribution in [0.2, 0.25) is 0 Å². The molecule has 0 saturated carbocycles. The third kappa shape index (κ3) is 4.26. The van der Waals surface area contributed by atoms with Gasteiger partial charge in [-0.15, -0.1) is 11.8 Å². The topological polar surface area (TPSA) is 61.9 Å². The quantitative estimate of drug-likeness (QED) is 0.813. The van der Waals surface area contributed by atoms with Crippen molar-refractivity contribution in [2.24, 2.45) is 0 Å². The molecule has 1 N–H and O–H groups in total. The van der Waals surface area contributed by atoms with Gasteiger partial charge in [-0.2, -0.15) is 0 Å². The first-order valence-corrected chi connectivity index (χ1v) is 11.3. The van der Waals surface area contributed by atoms with E-state index >= 15 is 0 Å². The predicted molar refractivity (Wildman–Crippen MR) is 119 cm³/mol. The summed E-state index contributed by atoms with van der Waals surface area (Å²) in [5, 5.41) is 3.01. The Balaban J connectivity index is 1.37. The number of methoxy groups -OCH3 is 1. The molecule has 0 radical (unpaired) electrons. The Morgan fingerprint density at radius 2 is 1.83 bits per heavy atom. The van der Waals surface area contributed by atoms with Crippen molar-refractivity contribution in [1.82, 2.24) is 15.1 Å². The molecule has 2 aliphatic rings. The van der Waals surface area contributed by atoms with Crippen molar-refractivity contribution >= 4 is 23.7 Å². The van der Waals surface area contributed by atoms with Crippen molar-refractivity contribution < 1.29 is 14.3 Å². The average molecular weight is 426 g/mol. The highest BCUT2D eigenvalue weighted by molar-refractivity contribution is 8.00. The molecule has 0 aromatic heterocycles. The van der Waals surface area contributed by atoms with Gasteiger partial charge in [-0.25, -0.2) is 4.79 Å². The van der Waals surface area contributed by atoms with E-state index in [1.54, 1.807) is 13.2 Å². The SMILES string of the molecule is COc1cccc(C(=O)N2CCSC23CCN(C(=O)NCc2ccccc2)CC3)c1. The molecule has 2 saturated heterocycles. The molecule has 0 aliphatic carbocycles. The molecular formula is C23H27N3O3S. The number of hydrogen-bond acceptors (Lipinski definition) is 4. The summed E-state index contributed by atoms with van der Waals surface area (Å²) in [7, 11) is 1.61. The van der Waals surface area contributed by atoms with Gasteiger partial charge in [-0.3, -0.25) is 4.79 Å². The highest BCUT2D eigenvalue weighted by Crippen LogP contribution is 2.44. The number of hydrogen-bond donors (Lipinski definition) is 1. The normalized spacial score (nSPS) is 17.8. The van der Waals surface area contributed by atoms with Gasteiger partial charge in [0, 0.05) is 37.5 Å². The Kier molecular flexibility index (Phi) is 6.18. The van der Waals surface area contributed by atoms with Crippen LogP contribution in [0.3, 0.4) is 0 Å². The molecule has 2 heterocycles. The van der Waals surface area contributed by atoms with Crippen molar-refractivity contribution in [3.05, 3.63) is 65.7 Å². The van der Waals surface area contributed by atoms with Gasteiger partial charge in [0.1, 0.15) is 5.75 Å². The molecule has 2 fully saturated rings. The Bertz CT molecular complexity index is 898. The van der Waals surface area contributed by atoms with E-state index in [0.717, 1.165) is 30.7 Å². The third-order valence-corrected chi connectivity index (χ3v) is 7.41. The monoisotopic (exact) mass is 425 g/mol. The van der Waals surface area contributed by atoms with E-state index in [1.165, 1.54) is 0 Å². The second-order valence-corrected chi connectivity index (χ2v) is 9.07. The maximum absolute atomic E-state index is 13.2. The summed E-state index contributed by atoms with van der Waals surface area (Å²) >= 11 is 1.85. The lowest BCUT2D eigenvalue weighted by Gasteiger charge is -2.44. The van der Waals surface area contributed by atoms with Gasteiger partial charge in [0.2, 0.25) is 0 Å². The molecule has 30 heavy (non-hydrogen) atoms. The number of likely N-dealkylation sites (tertiary alicyclic amines) is 1. The zero-order chi connectivity index (χ0) is 21.0. The summed E-state index contributed by atoms with van der Waals surface area (Å²) in [4.78, 5) is 29.5. The molecule has 1 spiro atoms. The first kappa shape index (κ1) is 20.6. The number of carbonyl (C=O) groups excluding carboxylic acids is 2. The van der Waals surface area contributed by atoms with E-state index < -0.39 is 0 Å². The summed E-state index contributed by atoms with van der Waals surface area (Å²) in [6.45, 7) is 2.56. The van der Waals surface area contributed by atoms with E-state index in [4.69, 9.17) is 4.74 Å². The van der Waals surface area contributed by atoms with Gasteiger partial charge in [0.05, 0.1) is 12.0 Å². The van der Waals surface area contributed by atoms with Gasteiger partial charge in [-0.1, -0.05) is 36.4 Å². The van der Waals surface area contributed by atoms with Crippen LogP contribution in [0.15, 0.2) is 54.6 Å². The number of ether oxygens (including phenoxy) is 1. The van der Waals surface area contributed by atoms with E-state index in [1.807, 2.05) is 70.1 Å². The molecule has 2 aromatic rings. The van der Waals surface area contributed by atoms with Crippen molar-refractivity contribution in [2.75, 3.05) is 32.5 Å². The van der Waals surface area contributed by atoms with Crippen molar-refractivity contribution in [1.29, 1.82) is 0 Å². The first-order valence-electron chi connectivity index (χ1n) is 10.3. The number of urea groups is 1. The van der Waals surface area contributed by atoms with E-state index in [2.05, 4.69) is 5.32 Å². The Morgan fingerprint density at radius 3 is 2.57 bits per heavy atom. The van der Waals surface area contributed by atoms with Crippen LogP contribution in [0, 0.1) is 0 Å². The summed E-state index contributed by atoms with van der Waals surface area (Å²) in [6.07, 6.45) is 1.57. The predicted octanol–water partition coefficient (Wildman–Crippen LogP) is 3.59. The van der Waals surface area contributed by atoms with Crippen LogP contribution in [0.25, 0.3) is 0 Å². The highest BCUT2D eigenvalue weighted by Gasteiger charge is 2.47. The first-order chi connectivity index (χ1) is 14.6. The van der Waals surface area contributed by atoms with Gasteiger partial charge < -0.3 is 19.9 Å². The van der Waals surface area contributed by atoms with Gasteiger partial charge in [0.15, 0.2) is 0 Å². The van der Waals surface area contributed by atoms with Gasteiger partial charge >= 0.3 is 6.03 Å². The van der Waals surface area contributed by atoms with Crippen LogP contribution in [0.1, 0.15) is 28.8 Å². The van der Waals surface area contributed by atoms with Crippen LogP contribution in [-0.2, 0) is 6.54 Å². The Labute approximate surface area is 181 Å². The minimum Gasteiger partial charge on any atom is -0.497 e. The van der Waals surface area contributed by atoms with Crippen LogP contribution in [0.5, 0.6) is 5.75 Å². The summed E-state index contributed by atoms with van der Waals surface area (Å²) in [6, 6.07) is 17.2. The second kappa shape index (κ2) is 9.00. The van der Waals surface area contributed by atoms with E-state index in [9.17, 15) is 9.59 Å². The number of nitrogens with one attached hydrogen (secondary N) is 1. The molecule has 3 amide bonds. The molecule has 158 valence electrons. The molecule has 0 atom stereocenters. The third-order valence-electron chi connectivity index (χ3n) is 5.86. The Morgan fingerprint density at radius 1 is 1.07 bits per heavy atom. The molecule has 2 aromatic carbocycles. The smallest absolute Gasteiger partial charge is 0.317 e. The number of rotatable bonds is 4. The van der Waals surface area contributed by atoms with Crippen LogP contribution >= 0.6 is 11.8 Å². The molecular weight excluding hydrogens is 398 g/mol. The number of amides is 3. The van der Waals surface area contributed by atoms with Crippen LogP contribution in [0.4, 0.5) is 4.79 Å². The lowest BCUT2D eigenvalue weighted by molar-refractivity contribution is 0.0580.